The standard InChI is InChI=1S/C14H13BrFN3O2/c1-8-5-12(19-13(18-8)14(20)21-2)17-7-9-6-10(15)3-4-11(9)16/h3-6H,7H2,1-2H3,(H,17,18,19). The molecule has 0 aliphatic carbocycles. The number of ether oxygens (including phenoxy) is 1. The van der Waals surface area contributed by atoms with E-state index in [2.05, 4.69) is 36.0 Å². The SMILES string of the molecule is COC(=O)c1nc(C)cc(NCc2cc(Br)ccc2F)n1. The number of halogens is 2. The summed E-state index contributed by atoms with van der Waals surface area (Å²) in [6.07, 6.45) is 0. The van der Waals surface area contributed by atoms with Crippen LogP contribution in [0.15, 0.2) is 28.7 Å². The number of benzene rings is 1. The molecule has 0 saturated carbocycles. The number of hydrogen-bond acceptors (Lipinski definition) is 5. The van der Waals surface area contributed by atoms with Gasteiger partial charge in [0.15, 0.2) is 0 Å². The third-order valence-corrected chi connectivity index (χ3v) is 3.18. The van der Waals surface area contributed by atoms with Crippen LogP contribution in [0.5, 0.6) is 0 Å². The van der Waals surface area contributed by atoms with Crippen molar-refractivity contribution in [3.8, 4) is 0 Å². The Morgan fingerprint density at radius 1 is 1.38 bits per heavy atom. The number of carbonyl (C=O) groups is 1. The van der Waals surface area contributed by atoms with Crippen molar-refractivity contribution >= 4 is 27.7 Å². The number of hydrogen-bond donors (Lipinski definition) is 1. The normalized spacial score (nSPS) is 10.3. The lowest BCUT2D eigenvalue weighted by molar-refractivity contribution is 0.0586. The summed E-state index contributed by atoms with van der Waals surface area (Å²) in [5.41, 5.74) is 1.10. The molecule has 0 bridgehead atoms. The minimum atomic E-state index is -0.615. The lowest BCUT2D eigenvalue weighted by atomic mass is 10.2. The Balaban J connectivity index is 2.18. The van der Waals surface area contributed by atoms with Gasteiger partial charge in [-0.15, -0.1) is 0 Å². The Kier molecular flexibility index (Phi) is 4.85. The van der Waals surface area contributed by atoms with Crippen LogP contribution < -0.4 is 5.32 Å². The molecule has 0 fully saturated rings. The monoisotopic (exact) mass is 353 g/mol. The van der Waals surface area contributed by atoms with Crippen molar-refractivity contribution in [1.29, 1.82) is 0 Å². The van der Waals surface area contributed by atoms with Crippen molar-refractivity contribution in [1.82, 2.24) is 9.97 Å². The maximum absolute atomic E-state index is 13.6. The summed E-state index contributed by atoms with van der Waals surface area (Å²) in [6, 6.07) is 6.36. The van der Waals surface area contributed by atoms with Crippen LogP contribution in [0.25, 0.3) is 0 Å². The fourth-order valence-electron chi connectivity index (χ4n) is 1.71. The molecule has 0 aliphatic heterocycles. The fraction of sp³-hybridized carbons (Fsp3) is 0.214. The van der Waals surface area contributed by atoms with E-state index in [9.17, 15) is 9.18 Å². The number of rotatable bonds is 4. The molecule has 1 aromatic carbocycles. The molecular formula is C14H13BrFN3O2. The average molecular weight is 354 g/mol. The second-order valence-corrected chi connectivity index (χ2v) is 5.21. The molecule has 2 aromatic rings. The zero-order valence-electron chi connectivity index (χ0n) is 11.5. The summed E-state index contributed by atoms with van der Waals surface area (Å²) >= 11 is 3.29. The summed E-state index contributed by atoms with van der Waals surface area (Å²) in [5, 5.41) is 2.97. The van der Waals surface area contributed by atoms with Gasteiger partial charge >= 0.3 is 5.97 Å². The highest BCUT2D eigenvalue weighted by atomic mass is 79.9. The van der Waals surface area contributed by atoms with Gasteiger partial charge in [0, 0.05) is 28.3 Å². The van der Waals surface area contributed by atoms with Crippen molar-refractivity contribution in [2.45, 2.75) is 13.5 Å². The third-order valence-electron chi connectivity index (χ3n) is 2.69. The lowest BCUT2D eigenvalue weighted by Gasteiger charge is -2.09. The van der Waals surface area contributed by atoms with E-state index < -0.39 is 5.97 Å². The zero-order chi connectivity index (χ0) is 15.4. The molecule has 1 N–H and O–H groups in total. The number of anilines is 1. The molecule has 5 nitrogen and oxygen atoms in total. The Morgan fingerprint density at radius 3 is 2.86 bits per heavy atom. The first-order chi connectivity index (χ1) is 9.99. The Morgan fingerprint density at radius 2 is 2.14 bits per heavy atom. The molecule has 0 radical (unpaired) electrons. The van der Waals surface area contributed by atoms with Crippen molar-refractivity contribution < 1.29 is 13.9 Å². The number of methoxy groups -OCH3 is 1. The van der Waals surface area contributed by atoms with E-state index >= 15 is 0 Å². The molecule has 0 saturated heterocycles. The molecule has 110 valence electrons. The van der Waals surface area contributed by atoms with Crippen molar-refractivity contribution in [3.05, 3.63) is 51.6 Å². The predicted molar refractivity (Wildman–Crippen MR) is 79.5 cm³/mol. The van der Waals surface area contributed by atoms with E-state index in [0.29, 0.717) is 17.1 Å². The van der Waals surface area contributed by atoms with E-state index in [1.165, 1.54) is 13.2 Å². The van der Waals surface area contributed by atoms with Crippen molar-refractivity contribution in [3.63, 3.8) is 0 Å². The second-order valence-electron chi connectivity index (χ2n) is 4.30. The zero-order valence-corrected chi connectivity index (χ0v) is 13.1. The van der Waals surface area contributed by atoms with Gasteiger partial charge in [0.05, 0.1) is 7.11 Å². The summed E-state index contributed by atoms with van der Waals surface area (Å²) in [5.74, 6) is -0.531. The van der Waals surface area contributed by atoms with Crippen LogP contribution in [0.3, 0.4) is 0 Å². The number of nitrogens with one attached hydrogen (secondary N) is 1. The minimum absolute atomic E-state index is 0.0327. The maximum Gasteiger partial charge on any atom is 0.376 e. The second kappa shape index (κ2) is 6.62. The third kappa shape index (κ3) is 3.98. The number of esters is 1. The van der Waals surface area contributed by atoms with E-state index in [4.69, 9.17) is 0 Å². The number of nitrogens with zero attached hydrogens (tertiary/aromatic N) is 2. The Hall–Kier alpha value is -2.02. The van der Waals surface area contributed by atoms with Crippen LogP contribution in [0, 0.1) is 12.7 Å². The van der Waals surface area contributed by atoms with Gasteiger partial charge in [0.25, 0.3) is 0 Å². The molecule has 2 rings (SSSR count). The first kappa shape index (κ1) is 15.4. The van der Waals surface area contributed by atoms with E-state index in [0.717, 1.165) is 4.47 Å². The molecule has 1 aromatic heterocycles. The first-order valence-corrected chi connectivity index (χ1v) is 6.90. The van der Waals surface area contributed by atoms with Gasteiger partial charge in [-0.25, -0.2) is 19.2 Å². The summed E-state index contributed by atoms with van der Waals surface area (Å²) < 4.78 is 19.0. The van der Waals surface area contributed by atoms with Crippen LogP contribution in [-0.2, 0) is 11.3 Å². The fourth-order valence-corrected chi connectivity index (χ4v) is 2.11. The highest BCUT2D eigenvalue weighted by molar-refractivity contribution is 9.10. The largest absolute Gasteiger partial charge is 0.463 e. The topological polar surface area (TPSA) is 64.1 Å². The molecule has 0 amide bonds. The predicted octanol–water partition coefficient (Wildman–Crippen LogP) is 3.09. The molecule has 1 heterocycles. The highest BCUT2D eigenvalue weighted by Crippen LogP contribution is 2.17. The Labute approximate surface area is 129 Å². The average Bonchev–Trinajstić information content (AvgIpc) is 2.46. The maximum atomic E-state index is 13.6. The number of aryl methyl sites for hydroxylation is 1. The minimum Gasteiger partial charge on any atom is -0.463 e. The van der Waals surface area contributed by atoms with Gasteiger partial charge in [0.2, 0.25) is 5.82 Å². The van der Waals surface area contributed by atoms with Gasteiger partial charge in [-0.2, -0.15) is 0 Å². The molecule has 7 heteroatoms. The summed E-state index contributed by atoms with van der Waals surface area (Å²) in [4.78, 5) is 19.5. The highest BCUT2D eigenvalue weighted by Gasteiger charge is 2.11. The van der Waals surface area contributed by atoms with Crippen LogP contribution in [0.4, 0.5) is 10.2 Å². The Bertz CT molecular complexity index is 679. The molecule has 0 aliphatic rings. The molecule has 0 unspecified atom stereocenters. The van der Waals surface area contributed by atoms with E-state index in [1.807, 2.05) is 0 Å². The van der Waals surface area contributed by atoms with Gasteiger partial charge in [-0.05, 0) is 25.1 Å². The summed E-state index contributed by atoms with van der Waals surface area (Å²) in [6.45, 7) is 1.97. The molecule has 0 spiro atoms. The van der Waals surface area contributed by atoms with Gasteiger partial charge < -0.3 is 10.1 Å². The smallest absolute Gasteiger partial charge is 0.376 e. The number of aromatic nitrogens is 2. The van der Waals surface area contributed by atoms with Crippen LogP contribution >= 0.6 is 15.9 Å². The van der Waals surface area contributed by atoms with Crippen molar-refractivity contribution in [2.24, 2.45) is 0 Å². The lowest BCUT2D eigenvalue weighted by Crippen LogP contribution is -2.11. The van der Waals surface area contributed by atoms with E-state index in [-0.39, 0.29) is 18.2 Å². The van der Waals surface area contributed by atoms with Crippen LogP contribution in [0.1, 0.15) is 21.9 Å². The molecular weight excluding hydrogens is 341 g/mol. The number of carbonyl (C=O) groups excluding carboxylic acids is 1. The van der Waals surface area contributed by atoms with Gasteiger partial charge in [0.1, 0.15) is 11.6 Å². The first-order valence-electron chi connectivity index (χ1n) is 6.11. The molecule has 21 heavy (non-hydrogen) atoms. The quantitative estimate of drug-likeness (QED) is 0.855. The molecule has 0 atom stereocenters. The summed E-state index contributed by atoms with van der Waals surface area (Å²) in [7, 11) is 1.26. The van der Waals surface area contributed by atoms with Crippen LogP contribution in [-0.4, -0.2) is 23.0 Å². The van der Waals surface area contributed by atoms with Crippen LogP contribution in [0.2, 0.25) is 0 Å². The van der Waals surface area contributed by atoms with Crippen molar-refractivity contribution in [2.75, 3.05) is 12.4 Å². The van der Waals surface area contributed by atoms with Gasteiger partial charge in [-0.3, -0.25) is 0 Å². The van der Waals surface area contributed by atoms with E-state index in [1.54, 1.807) is 25.1 Å². The van der Waals surface area contributed by atoms with Gasteiger partial charge in [-0.1, -0.05) is 15.9 Å².